The Morgan fingerprint density at radius 1 is 1.14 bits per heavy atom. The van der Waals surface area contributed by atoms with Gasteiger partial charge in [0.25, 0.3) is 10.0 Å². The minimum Gasteiger partial charge on any atom is -0.497 e. The first-order valence-corrected chi connectivity index (χ1v) is 8.81. The lowest BCUT2D eigenvalue weighted by molar-refractivity contribution is 0.415. The van der Waals surface area contributed by atoms with Crippen LogP contribution >= 0.6 is 31.9 Å². The van der Waals surface area contributed by atoms with Crippen molar-refractivity contribution in [3.8, 4) is 5.75 Å². The largest absolute Gasteiger partial charge is 0.497 e. The first-order chi connectivity index (χ1) is 9.81. The molecule has 2 aromatic carbocycles. The molecule has 0 fully saturated rings. The van der Waals surface area contributed by atoms with Gasteiger partial charge in [-0.2, -0.15) is 0 Å². The number of nitrogens with one attached hydrogen (secondary N) is 1. The summed E-state index contributed by atoms with van der Waals surface area (Å²) in [6, 6.07) is 9.55. The van der Waals surface area contributed by atoms with Crippen molar-refractivity contribution in [3.05, 3.63) is 45.3 Å². The Hall–Kier alpha value is -1.25. The Morgan fingerprint density at radius 2 is 1.86 bits per heavy atom. The Morgan fingerprint density at radius 3 is 2.52 bits per heavy atom. The average Bonchev–Trinajstić information content (AvgIpc) is 2.40. The van der Waals surface area contributed by atoms with Crippen LogP contribution in [0.4, 0.5) is 11.4 Å². The number of rotatable bonds is 4. The second-order valence-electron chi connectivity index (χ2n) is 4.18. The molecule has 0 aliphatic heterocycles. The van der Waals surface area contributed by atoms with Crippen molar-refractivity contribution in [1.29, 1.82) is 0 Å². The standard InChI is InChI=1S/C13H12Br2N2O3S/c1-20-11-5-8(14)4-10(7-11)17-21(18,19)13-6-9(16)2-3-12(13)15/h2-7,17H,16H2,1H3. The number of hydrogen-bond donors (Lipinski definition) is 2. The van der Waals surface area contributed by atoms with Gasteiger partial charge in [0.2, 0.25) is 0 Å². The first-order valence-electron chi connectivity index (χ1n) is 5.74. The lowest BCUT2D eigenvalue weighted by Gasteiger charge is -2.11. The highest BCUT2D eigenvalue weighted by Gasteiger charge is 2.18. The molecule has 0 saturated heterocycles. The maximum absolute atomic E-state index is 12.4. The third kappa shape index (κ3) is 3.90. The normalized spacial score (nSPS) is 11.2. The van der Waals surface area contributed by atoms with Crippen molar-refractivity contribution in [2.24, 2.45) is 0 Å². The summed E-state index contributed by atoms with van der Waals surface area (Å²) in [5, 5.41) is 0. The topological polar surface area (TPSA) is 81.4 Å². The van der Waals surface area contributed by atoms with Crippen LogP contribution in [0.5, 0.6) is 5.75 Å². The van der Waals surface area contributed by atoms with Crippen LogP contribution in [0.25, 0.3) is 0 Å². The SMILES string of the molecule is COc1cc(Br)cc(NS(=O)(=O)c2cc(N)ccc2Br)c1. The highest BCUT2D eigenvalue weighted by Crippen LogP contribution is 2.29. The Balaban J connectivity index is 2.42. The van der Waals surface area contributed by atoms with Crippen LogP contribution in [-0.4, -0.2) is 15.5 Å². The smallest absolute Gasteiger partial charge is 0.263 e. The fourth-order valence-electron chi connectivity index (χ4n) is 1.68. The lowest BCUT2D eigenvalue weighted by Crippen LogP contribution is -2.14. The van der Waals surface area contributed by atoms with Gasteiger partial charge in [0.05, 0.1) is 12.8 Å². The Labute approximate surface area is 139 Å². The molecule has 0 bridgehead atoms. The molecule has 0 amide bonds. The fraction of sp³-hybridized carbons (Fsp3) is 0.0769. The molecule has 2 aromatic rings. The molecule has 0 aliphatic carbocycles. The second kappa shape index (κ2) is 6.25. The van der Waals surface area contributed by atoms with Crippen molar-refractivity contribution < 1.29 is 13.2 Å². The Bertz CT molecular complexity index is 779. The molecule has 0 saturated carbocycles. The summed E-state index contributed by atoms with van der Waals surface area (Å²) >= 11 is 6.51. The zero-order chi connectivity index (χ0) is 15.6. The highest BCUT2D eigenvalue weighted by atomic mass is 79.9. The van der Waals surface area contributed by atoms with E-state index in [0.29, 0.717) is 26.1 Å². The zero-order valence-corrected chi connectivity index (χ0v) is 14.9. The van der Waals surface area contributed by atoms with Gasteiger partial charge in [0.15, 0.2) is 0 Å². The molecular weight excluding hydrogens is 424 g/mol. The number of benzene rings is 2. The maximum atomic E-state index is 12.4. The molecule has 5 nitrogen and oxygen atoms in total. The van der Waals surface area contributed by atoms with Gasteiger partial charge < -0.3 is 10.5 Å². The van der Waals surface area contributed by atoms with Gasteiger partial charge in [-0.15, -0.1) is 0 Å². The van der Waals surface area contributed by atoms with Crippen LogP contribution in [0, 0.1) is 0 Å². The molecular formula is C13H12Br2N2O3S. The van der Waals surface area contributed by atoms with Crippen molar-refractivity contribution in [3.63, 3.8) is 0 Å². The van der Waals surface area contributed by atoms with E-state index in [2.05, 4.69) is 36.6 Å². The third-order valence-electron chi connectivity index (χ3n) is 2.60. The number of anilines is 2. The number of ether oxygens (including phenoxy) is 1. The van der Waals surface area contributed by atoms with Crippen LogP contribution in [-0.2, 0) is 10.0 Å². The maximum Gasteiger partial charge on any atom is 0.263 e. The number of halogens is 2. The number of nitrogens with two attached hydrogens (primary N) is 1. The van der Waals surface area contributed by atoms with Crippen LogP contribution in [0.2, 0.25) is 0 Å². The number of sulfonamides is 1. The molecule has 112 valence electrons. The summed E-state index contributed by atoms with van der Waals surface area (Å²) in [6.45, 7) is 0. The van der Waals surface area contributed by atoms with E-state index in [-0.39, 0.29) is 4.90 Å². The third-order valence-corrected chi connectivity index (χ3v) is 5.44. The molecule has 2 rings (SSSR count). The van der Waals surface area contributed by atoms with Crippen LogP contribution in [0.15, 0.2) is 50.2 Å². The molecule has 0 spiro atoms. The summed E-state index contributed by atoms with van der Waals surface area (Å²) in [6.07, 6.45) is 0. The van der Waals surface area contributed by atoms with Crippen LogP contribution in [0.3, 0.4) is 0 Å². The summed E-state index contributed by atoms with van der Waals surface area (Å²) in [5.41, 5.74) is 6.40. The second-order valence-corrected chi connectivity index (χ2v) is 7.60. The van der Waals surface area contributed by atoms with E-state index in [1.54, 1.807) is 30.3 Å². The van der Waals surface area contributed by atoms with Crippen molar-refractivity contribution >= 4 is 53.3 Å². The molecule has 0 aromatic heterocycles. The molecule has 0 unspecified atom stereocenters. The van der Waals surface area contributed by atoms with E-state index >= 15 is 0 Å². The highest BCUT2D eigenvalue weighted by molar-refractivity contribution is 9.10. The average molecular weight is 436 g/mol. The van der Waals surface area contributed by atoms with Gasteiger partial charge in [-0.05, 0) is 46.3 Å². The first kappa shape index (κ1) is 16.1. The van der Waals surface area contributed by atoms with Crippen molar-refractivity contribution in [2.45, 2.75) is 4.90 Å². The molecule has 0 radical (unpaired) electrons. The molecule has 0 aliphatic rings. The van der Waals surface area contributed by atoms with E-state index < -0.39 is 10.0 Å². The predicted molar refractivity (Wildman–Crippen MR) is 90.1 cm³/mol. The van der Waals surface area contributed by atoms with Crippen molar-refractivity contribution in [2.75, 3.05) is 17.6 Å². The molecule has 21 heavy (non-hydrogen) atoms. The zero-order valence-electron chi connectivity index (χ0n) is 10.9. The summed E-state index contributed by atoms with van der Waals surface area (Å²) in [4.78, 5) is 0.0708. The minimum atomic E-state index is -3.76. The number of methoxy groups -OCH3 is 1. The fourth-order valence-corrected chi connectivity index (χ4v) is 4.19. The van der Waals surface area contributed by atoms with Gasteiger partial charge >= 0.3 is 0 Å². The monoisotopic (exact) mass is 434 g/mol. The van der Waals surface area contributed by atoms with E-state index in [0.717, 1.165) is 0 Å². The molecule has 3 N–H and O–H groups in total. The quantitative estimate of drug-likeness (QED) is 0.718. The van der Waals surface area contributed by atoms with Gasteiger partial charge in [-0.3, -0.25) is 4.72 Å². The summed E-state index contributed by atoms with van der Waals surface area (Å²) in [7, 11) is -2.25. The minimum absolute atomic E-state index is 0.0708. The van der Waals surface area contributed by atoms with E-state index in [1.807, 2.05) is 0 Å². The predicted octanol–water partition coefficient (Wildman–Crippen LogP) is 3.60. The number of nitrogen functional groups attached to an aromatic ring is 1. The van der Waals surface area contributed by atoms with E-state index in [9.17, 15) is 8.42 Å². The van der Waals surface area contributed by atoms with Crippen LogP contribution in [0.1, 0.15) is 0 Å². The van der Waals surface area contributed by atoms with Crippen LogP contribution < -0.4 is 15.2 Å². The molecule has 8 heteroatoms. The van der Waals surface area contributed by atoms with E-state index in [1.165, 1.54) is 13.2 Å². The lowest BCUT2D eigenvalue weighted by atomic mass is 10.3. The Kier molecular flexibility index (Phi) is 4.80. The van der Waals surface area contributed by atoms with Gasteiger partial charge in [0.1, 0.15) is 10.6 Å². The summed E-state index contributed by atoms with van der Waals surface area (Å²) < 4.78 is 33.6. The number of hydrogen-bond acceptors (Lipinski definition) is 4. The molecule has 0 atom stereocenters. The van der Waals surface area contributed by atoms with E-state index in [4.69, 9.17) is 10.5 Å². The van der Waals surface area contributed by atoms with Crippen molar-refractivity contribution in [1.82, 2.24) is 0 Å². The molecule has 0 heterocycles. The van der Waals surface area contributed by atoms with Gasteiger partial charge in [-0.1, -0.05) is 15.9 Å². The van der Waals surface area contributed by atoms with Gasteiger partial charge in [0, 0.05) is 20.7 Å². The summed E-state index contributed by atoms with van der Waals surface area (Å²) in [5.74, 6) is 0.536. The van der Waals surface area contributed by atoms with Gasteiger partial charge in [-0.25, -0.2) is 8.42 Å².